The van der Waals surface area contributed by atoms with Gasteiger partial charge in [0.1, 0.15) is 0 Å². The van der Waals surface area contributed by atoms with E-state index in [0.29, 0.717) is 12.1 Å². The summed E-state index contributed by atoms with van der Waals surface area (Å²) in [6.45, 7) is 2.64. The largest absolute Gasteiger partial charge is 0.465 e. The number of nitrogens with two attached hydrogens (primary N) is 1. The molecule has 0 unspecified atom stereocenters. The van der Waals surface area contributed by atoms with Crippen molar-refractivity contribution in [3.05, 3.63) is 41.0 Å². The van der Waals surface area contributed by atoms with Gasteiger partial charge < -0.3 is 10.5 Å². The summed E-state index contributed by atoms with van der Waals surface area (Å²) >= 11 is 0. The molecular formula is C13H17NO2. The maximum absolute atomic E-state index is 11.2. The van der Waals surface area contributed by atoms with E-state index < -0.39 is 0 Å². The second kappa shape index (κ2) is 6.08. The summed E-state index contributed by atoms with van der Waals surface area (Å²) in [5.74, 6) is -0.315. The van der Waals surface area contributed by atoms with Crippen molar-refractivity contribution in [3.63, 3.8) is 0 Å². The molecule has 0 atom stereocenters. The Hall–Kier alpha value is -1.61. The molecule has 3 heteroatoms. The van der Waals surface area contributed by atoms with E-state index in [4.69, 9.17) is 5.73 Å². The monoisotopic (exact) mass is 219 g/mol. The molecule has 0 aromatic heterocycles. The molecule has 86 valence electrons. The number of benzene rings is 1. The maximum atomic E-state index is 11.2. The lowest BCUT2D eigenvalue weighted by Crippen LogP contribution is -2.02. The van der Waals surface area contributed by atoms with E-state index in [0.717, 1.165) is 12.0 Å². The number of ether oxygens (including phenoxy) is 1. The molecule has 0 heterocycles. The lowest BCUT2D eigenvalue weighted by atomic mass is 10.1. The smallest absolute Gasteiger partial charge is 0.337 e. The number of hydrogen-bond donors (Lipinski definition) is 1. The van der Waals surface area contributed by atoms with Crippen molar-refractivity contribution in [2.45, 2.75) is 13.3 Å². The van der Waals surface area contributed by atoms with Gasteiger partial charge in [0.25, 0.3) is 0 Å². The molecule has 0 aliphatic carbocycles. The number of carbonyl (C=O) groups is 1. The van der Waals surface area contributed by atoms with Crippen LogP contribution < -0.4 is 5.73 Å². The van der Waals surface area contributed by atoms with Gasteiger partial charge in [-0.2, -0.15) is 0 Å². The van der Waals surface area contributed by atoms with Crippen LogP contribution in [0.15, 0.2) is 29.8 Å². The SMILES string of the molecule is CCC(=Cc1ccc(C(=O)OC)cc1)CN. The third-order valence-corrected chi connectivity index (χ3v) is 2.42. The number of hydrogen-bond acceptors (Lipinski definition) is 3. The number of carbonyl (C=O) groups excluding carboxylic acids is 1. The van der Waals surface area contributed by atoms with Gasteiger partial charge in [0.15, 0.2) is 0 Å². The Balaban J connectivity index is 2.86. The summed E-state index contributed by atoms with van der Waals surface area (Å²) in [6.07, 6.45) is 2.98. The van der Waals surface area contributed by atoms with Crippen LogP contribution in [-0.2, 0) is 4.74 Å². The molecular weight excluding hydrogens is 202 g/mol. The number of methoxy groups -OCH3 is 1. The number of rotatable bonds is 4. The van der Waals surface area contributed by atoms with Crippen molar-refractivity contribution >= 4 is 12.0 Å². The maximum Gasteiger partial charge on any atom is 0.337 e. The van der Waals surface area contributed by atoms with E-state index in [-0.39, 0.29) is 5.97 Å². The van der Waals surface area contributed by atoms with E-state index in [1.165, 1.54) is 12.7 Å². The molecule has 0 amide bonds. The molecule has 16 heavy (non-hydrogen) atoms. The average molecular weight is 219 g/mol. The van der Waals surface area contributed by atoms with Gasteiger partial charge in [0.2, 0.25) is 0 Å². The van der Waals surface area contributed by atoms with Crippen LogP contribution in [0.2, 0.25) is 0 Å². The van der Waals surface area contributed by atoms with Crippen molar-refractivity contribution < 1.29 is 9.53 Å². The molecule has 0 spiro atoms. The van der Waals surface area contributed by atoms with Crippen LogP contribution in [0, 0.1) is 0 Å². The van der Waals surface area contributed by atoms with Crippen molar-refractivity contribution in [1.82, 2.24) is 0 Å². The summed E-state index contributed by atoms with van der Waals surface area (Å²) in [6, 6.07) is 7.28. The van der Waals surface area contributed by atoms with Gasteiger partial charge in [-0.25, -0.2) is 4.79 Å². The molecule has 0 fully saturated rings. The van der Waals surface area contributed by atoms with Crippen LogP contribution in [0.25, 0.3) is 6.08 Å². The minimum atomic E-state index is -0.315. The highest BCUT2D eigenvalue weighted by atomic mass is 16.5. The predicted molar refractivity (Wildman–Crippen MR) is 65.1 cm³/mol. The highest BCUT2D eigenvalue weighted by Gasteiger charge is 2.03. The normalized spacial score (nSPS) is 11.3. The lowest BCUT2D eigenvalue weighted by molar-refractivity contribution is 0.0601. The third-order valence-electron chi connectivity index (χ3n) is 2.42. The zero-order valence-electron chi connectivity index (χ0n) is 9.69. The summed E-state index contributed by atoms with van der Waals surface area (Å²) in [5.41, 5.74) is 8.39. The van der Waals surface area contributed by atoms with Gasteiger partial charge >= 0.3 is 5.97 Å². The number of esters is 1. The van der Waals surface area contributed by atoms with Gasteiger partial charge in [-0.1, -0.05) is 30.7 Å². The van der Waals surface area contributed by atoms with Crippen molar-refractivity contribution in [2.75, 3.05) is 13.7 Å². The summed E-state index contributed by atoms with van der Waals surface area (Å²) in [7, 11) is 1.37. The minimum Gasteiger partial charge on any atom is -0.465 e. The van der Waals surface area contributed by atoms with Crippen LogP contribution >= 0.6 is 0 Å². The standard InChI is InChI=1S/C13H17NO2/c1-3-10(9-14)8-11-4-6-12(7-5-11)13(15)16-2/h4-8H,3,9,14H2,1-2H3. The molecule has 1 aromatic carbocycles. The van der Waals surface area contributed by atoms with Crippen molar-refractivity contribution in [2.24, 2.45) is 5.73 Å². The molecule has 2 N–H and O–H groups in total. The first kappa shape index (κ1) is 12.5. The predicted octanol–water partition coefficient (Wildman–Crippen LogP) is 2.23. The lowest BCUT2D eigenvalue weighted by Gasteiger charge is -2.02. The Bertz CT molecular complexity index is 373. The van der Waals surface area contributed by atoms with E-state index in [9.17, 15) is 4.79 Å². The Kier molecular flexibility index (Phi) is 4.73. The van der Waals surface area contributed by atoms with Gasteiger partial charge in [-0.3, -0.25) is 0 Å². The third kappa shape index (κ3) is 3.21. The second-order valence-corrected chi connectivity index (χ2v) is 3.47. The molecule has 1 rings (SSSR count). The van der Waals surface area contributed by atoms with Crippen LogP contribution in [0.4, 0.5) is 0 Å². The highest BCUT2D eigenvalue weighted by molar-refractivity contribution is 5.89. The summed E-state index contributed by atoms with van der Waals surface area (Å²) in [5, 5.41) is 0. The molecule has 0 bridgehead atoms. The fraction of sp³-hybridized carbons (Fsp3) is 0.308. The van der Waals surface area contributed by atoms with Crippen molar-refractivity contribution in [1.29, 1.82) is 0 Å². The van der Waals surface area contributed by atoms with E-state index in [1.807, 2.05) is 18.2 Å². The molecule has 1 aromatic rings. The van der Waals surface area contributed by atoms with Gasteiger partial charge in [-0.15, -0.1) is 0 Å². The Morgan fingerprint density at radius 2 is 2.00 bits per heavy atom. The molecule has 0 aliphatic heterocycles. The zero-order valence-corrected chi connectivity index (χ0v) is 9.69. The van der Waals surface area contributed by atoms with Gasteiger partial charge in [-0.05, 0) is 24.1 Å². The molecule has 0 saturated heterocycles. The van der Waals surface area contributed by atoms with E-state index >= 15 is 0 Å². The Morgan fingerprint density at radius 3 is 2.44 bits per heavy atom. The Morgan fingerprint density at radius 1 is 1.38 bits per heavy atom. The topological polar surface area (TPSA) is 52.3 Å². The molecule has 0 saturated carbocycles. The quantitative estimate of drug-likeness (QED) is 0.790. The fourth-order valence-corrected chi connectivity index (χ4v) is 1.37. The Labute approximate surface area is 95.9 Å². The van der Waals surface area contributed by atoms with E-state index in [2.05, 4.69) is 11.7 Å². The van der Waals surface area contributed by atoms with Crippen LogP contribution in [0.3, 0.4) is 0 Å². The van der Waals surface area contributed by atoms with Crippen LogP contribution in [0.1, 0.15) is 29.3 Å². The summed E-state index contributed by atoms with van der Waals surface area (Å²) < 4.78 is 4.63. The van der Waals surface area contributed by atoms with Crippen LogP contribution in [0.5, 0.6) is 0 Å². The first-order valence-electron chi connectivity index (χ1n) is 5.29. The second-order valence-electron chi connectivity index (χ2n) is 3.47. The zero-order chi connectivity index (χ0) is 12.0. The fourth-order valence-electron chi connectivity index (χ4n) is 1.37. The van der Waals surface area contributed by atoms with Gasteiger partial charge in [0.05, 0.1) is 12.7 Å². The molecule has 0 radical (unpaired) electrons. The highest BCUT2D eigenvalue weighted by Crippen LogP contribution is 2.11. The van der Waals surface area contributed by atoms with Gasteiger partial charge in [0, 0.05) is 6.54 Å². The summed E-state index contributed by atoms with van der Waals surface area (Å²) in [4.78, 5) is 11.2. The van der Waals surface area contributed by atoms with E-state index in [1.54, 1.807) is 12.1 Å². The van der Waals surface area contributed by atoms with Crippen molar-refractivity contribution in [3.8, 4) is 0 Å². The molecule has 0 aliphatic rings. The minimum absolute atomic E-state index is 0.315. The first-order valence-corrected chi connectivity index (χ1v) is 5.29. The first-order chi connectivity index (χ1) is 7.71. The average Bonchev–Trinajstić information content (AvgIpc) is 2.35. The molecule has 3 nitrogen and oxygen atoms in total. The van der Waals surface area contributed by atoms with Crippen LogP contribution in [-0.4, -0.2) is 19.6 Å².